The summed E-state index contributed by atoms with van der Waals surface area (Å²) < 4.78 is 11.6. The molecule has 132 valence electrons. The van der Waals surface area contributed by atoms with Gasteiger partial charge in [0.05, 0.1) is 0 Å². The van der Waals surface area contributed by atoms with Crippen molar-refractivity contribution < 1.29 is 14.3 Å². The summed E-state index contributed by atoms with van der Waals surface area (Å²) >= 11 is 0. The minimum Gasteiger partial charge on any atom is -0.489 e. The Balaban J connectivity index is 1.66. The molecule has 1 atom stereocenters. The lowest BCUT2D eigenvalue weighted by Crippen LogP contribution is -2.39. The van der Waals surface area contributed by atoms with Crippen LogP contribution in [0.2, 0.25) is 0 Å². The molecule has 0 spiro atoms. The standard InChI is InChI=1S/C19H28N2O3/c1-19(2,3)24-18(22)21-10-7-14-5-6-16(11-15(14)12-21)23-17-8-9-20(4)13-17/h5-6,11,17H,7-10,12-13H2,1-4H3/t17-/m1/s1. The van der Waals surface area contributed by atoms with Crippen molar-refractivity contribution >= 4 is 6.09 Å². The number of carbonyl (C=O) groups is 1. The molecule has 1 saturated heterocycles. The SMILES string of the molecule is CN1CC[C@@H](Oc2ccc3c(c2)CN(C(=O)OC(C)(C)C)CC3)C1. The molecule has 0 unspecified atom stereocenters. The molecule has 0 radical (unpaired) electrons. The van der Waals surface area contributed by atoms with E-state index in [1.807, 2.05) is 20.8 Å². The van der Waals surface area contributed by atoms with Crippen molar-refractivity contribution in [3.05, 3.63) is 29.3 Å². The van der Waals surface area contributed by atoms with Crippen LogP contribution in [0.5, 0.6) is 5.75 Å². The van der Waals surface area contributed by atoms with Crippen LogP contribution in [0, 0.1) is 0 Å². The highest BCUT2D eigenvalue weighted by molar-refractivity contribution is 5.68. The molecule has 1 fully saturated rings. The zero-order valence-corrected chi connectivity index (χ0v) is 15.2. The van der Waals surface area contributed by atoms with E-state index in [1.54, 1.807) is 4.90 Å². The van der Waals surface area contributed by atoms with Gasteiger partial charge in [0.2, 0.25) is 0 Å². The van der Waals surface area contributed by atoms with Crippen LogP contribution < -0.4 is 4.74 Å². The van der Waals surface area contributed by atoms with E-state index in [-0.39, 0.29) is 12.2 Å². The molecule has 5 heteroatoms. The monoisotopic (exact) mass is 332 g/mol. The predicted molar refractivity (Wildman–Crippen MR) is 93.3 cm³/mol. The van der Waals surface area contributed by atoms with Crippen LogP contribution in [-0.4, -0.2) is 54.3 Å². The van der Waals surface area contributed by atoms with Gasteiger partial charge >= 0.3 is 6.09 Å². The van der Waals surface area contributed by atoms with E-state index in [0.29, 0.717) is 13.1 Å². The van der Waals surface area contributed by atoms with Crippen LogP contribution in [0.15, 0.2) is 18.2 Å². The van der Waals surface area contributed by atoms with Crippen LogP contribution in [0.1, 0.15) is 38.3 Å². The van der Waals surface area contributed by atoms with Gasteiger partial charge in [0.25, 0.3) is 0 Å². The fraction of sp³-hybridized carbons (Fsp3) is 0.632. The second-order valence-electron chi connectivity index (χ2n) is 7.87. The van der Waals surface area contributed by atoms with Gasteiger partial charge in [0.15, 0.2) is 0 Å². The lowest BCUT2D eigenvalue weighted by Gasteiger charge is -2.31. The van der Waals surface area contributed by atoms with E-state index in [2.05, 4.69) is 30.1 Å². The Labute approximate surface area is 144 Å². The number of hydrogen-bond donors (Lipinski definition) is 0. The Bertz CT molecular complexity index is 609. The summed E-state index contributed by atoms with van der Waals surface area (Å²) in [5.41, 5.74) is 2.00. The van der Waals surface area contributed by atoms with Crippen LogP contribution >= 0.6 is 0 Å². The first-order valence-electron chi connectivity index (χ1n) is 8.75. The summed E-state index contributed by atoms with van der Waals surface area (Å²) in [5, 5.41) is 0. The Hall–Kier alpha value is -1.75. The zero-order valence-electron chi connectivity index (χ0n) is 15.2. The predicted octanol–water partition coefficient (Wildman–Crippen LogP) is 3.06. The Morgan fingerprint density at radius 2 is 2.00 bits per heavy atom. The van der Waals surface area contributed by atoms with Gasteiger partial charge in [-0.1, -0.05) is 6.07 Å². The quantitative estimate of drug-likeness (QED) is 0.835. The molecule has 5 nitrogen and oxygen atoms in total. The maximum absolute atomic E-state index is 12.3. The van der Waals surface area contributed by atoms with Crippen LogP contribution in [-0.2, 0) is 17.7 Å². The summed E-state index contributed by atoms with van der Waals surface area (Å²) in [7, 11) is 2.12. The molecule has 24 heavy (non-hydrogen) atoms. The molecule has 0 N–H and O–H groups in total. The Morgan fingerprint density at radius 3 is 2.67 bits per heavy atom. The largest absolute Gasteiger partial charge is 0.489 e. The highest BCUT2D eigenvalue weighted by Crippen LogP contribution is 2.26. The fourth-order valence-electron chi connectivity index (χ4n) is 3.27. The smallest absolute Gasteiger partial charge is 0.410 e. The molecule has 0 aliphatic carbocycles. The minimum absolute atomic E-state index is 0.239. The third-order valence-corrected chi connectivity index (χ3v) is 4.49. The highest BCUT2D eigenvalue weighted by Gasteiger charge is 2.26. The molecule has 2 aliphatic rings. The number of benzene rings is 1. The van der Waals surface area contributed by atoms with E-state index in [1.165, 1.54) is 5.56 Å². The zero-order chi connectivity index (χ0) is 17.3. The van der Waals surface area contributed by atoms with Crippen molar-refractivity contribution in [1.29, 1.82) is 0 Å². The average molecular weight is 332 g/mol. The van der Waals surface area contributed by atoms with E-state index < -0.39 is 5.60 Å². The highest BCUT2D eigenvalue weighted by atomic mass is 16.6. The summed E-state index contributed by atoms with van der Waals surface area (Å²) in [6.45, 7) is 9.04. The molecule has 1 aromatic rings. The van der Waals surface area contributed by atoms with Crippen molar-refractivity contribution in [2.45, 2.75) is 51.9 Å². The molecule has 2 heterocycles. The Morgan fingerprint density at radius 1 is 1.21 bits per heavy atom. The molecule has 1 aromatic carbocycles. The number of ether oxygens (including phenoxy) is 2. The van der Waals surface area contributed by atoms with Gasteiger partial charge in [0, 0.05) is 26.2 Å². The third-order valence-electron chi connectivity index (χ3n) is 4.49. The van der Waals surface area contributed by atoms with E-state index >= 15 is 0 Å². The van der Waals surface area contributed by atoms with Gasteiger partial charge in [-0.05, 0) is 63.9 Å². The number of rotatable bonds is 2. The first-order valence-corrected chi connectivity index (χ1v) is 8.75. The van der Waals surface area contributed by atoms with Gasteiger partial charge in [-0.15, -0.1) is 0 Å². The van der Waals surface area contributed by atoms with Gasteiger partial charge < -0.3 is 19.3 Å². The van der Waals surface area contributed by atoms with Crippen molar-refractivity contribution in [3.63, 3.8) is 0 Å². The van der Waals surface area contributed by atoms with Crippen molar-refractivity contribution in [1.82, 2.24) is 9.80 Å². The molecule has 2 aliphatic heterocycles. The van der Waals surface area contributed by atoms with E-state index in [4.69, 9.17) is 9.47 Å². The molecule has 1 amide bonds. The fourth-order valence-corrected chi connectivity index (χ4v) is 3.27. The number of likely N-dealkylation sites (N-methyl/N-ethyl adjacent to an activating group) is 1. The van der Waals surface area contributed by atoms with Crippen molar-refractivity contribution in [2.75, 3.05) is 26.7 Å². The summed E-state index contributed by atoms with van der Waals surface area (Å²) in [6, 6.07) is 6.28. The van der Waals surface area contributed by atoms with Gasteiger partial charge in [-0.3, -0.25) is 0 Å². The maximum atomic E-state index is 12.3. The number of amides is 1. The van der Waals surface area contributed by atoms with Crippen LogP contribution in [0.4, 0.5) is 4.79 Å². The van der Waals surface area contributed by atoms with E-state index in [0.717, 1.165) is 37.2 Å². The van der Waals surface area contributed by atoms with Gasteiger partial charge in [-0.2, -0.15) is 0 Å². The number of fused-ring (bicyclic) bond motifs is 1. The van der Waals surface area contributed by atoms with E-state index in [9.17, 15) is 4.79 Å². The maximum Gasteiger partial charge on any atom is 0.410 e. The number of carbonyl (C=O) groups excluding carboxylic acids is 1. The van der Waals surface area contributed by atoms with Gasteiger partial charge in [0.1, 0.15) is 17.5 Å². The molecular formula is C19H28N2O3. The van der Waals surface area contributed by atoms with Crippen LogP contribution in [0.3, 0.4) is 0 Å². The summed E-state index contributed by atoms with van der Waals surface area (Å²) in [5.74, 6) is 0.903. The number of likely N-dealkylation sites (tertiary alicyclic amines) is 1. The molecule has 0 bridgehead atoms. The molecule has 0 aromatic heterocycles. The second-order valence-corrected chi connectivity index (χ2v) is 7.87. The third kappa shape index (κ3) is 4.20. The van der Waals surface area contributed by atoms with Crippen molar-refractivity contribution in [3.8, 4) is 5.75 Å². The normalized spacial score (nSPS) is 21.5. The average Bonchev–Trinajstić information content (AvgIpc) is 2.90. The minimum atomic E-state index is -0.461. The van der Waals surface area contributed by atoms with Crippen LogP contribution in [0.25, 0.3) is 0 Å². The van der Waals surface area contributed by atoms with Gasteiger partial charge in [-0.25, -0.2) is 4.79 Å². The lowest BCUT2D eigenvalue weighted by molar-refractivity contribution is 0.0223. The first-order chi connectivity index (χ1) is 11.3. The number of nitrogens with zero attached hydrogens (tertiary/aromatic N) is 2. The molecular weight excluding hydrogens is 304 g/mol. The molecule has 0 saturated carbocycles. The molecule has 3 rings (SSSR count). The summed E-state index contributed by atoms with van der Waals surface area (Å²) in [4.78, 5) is 16.4. The first kappa shape index (κ1) is 17.1. The topological polar surface area (TPSA) is 42.0 Å². The second kappa shape index (κ2) is 6.63. The lowest BCUT2D eigenvalue weighted by atomic mass is 10.00. The van der Waals surface area contributed by atoms with Crippen molar-refractivity contribution in [2.24, 2.45) is 0 Å². The summed E-state index contributed by atoms with van der Waals surface area (Å²) in [6.07, 6.45) is 1.95. The Kier molecular flexibility index (Phi) is 4.72. The number of hydrogen-bond acceptors (Lipinski definition) is 4.